The summed E-state index contributed by atoms with van der Waals surface area (Å²) in [6, 6.07) is 0. The van der Waals surface area contributed by atoms with Gasteiger partial charge in [0.2, 0.25) is 0 Å². The largest absolute Gasteiger partial charge is 0.481 e. The van der Waals surface area contributed by atoms with E-state index >= 15 is 0 Å². The summed E-state index contributed by atoms with van der Waals surface area (Å²) >= 11 is 0. The first-order valence-electron chi connectivity index (χ1n) is 16.3. The van der Waals surface area contributed by atoms with Gasteiger partial charge in [0.05, 0.1) is 40.5 Å². The number of carbonyl (C=O) groups is 1. The van der Waals surface area contributed by atoms with Crippen LogP contribution >= 0.6 is 7.82 Å². The van der Waals surface area contributed by atoms with Gasteiger partial charge in [-0.3, -0.25) is 13.8 Å². The maximum atomic E-state index is 12.5. The summed E-state index contributed by atoms with van der Waals surface area (Å²) in [6.07, 6.45) is 16.5. The highest BCUT2D eigenvalue weighted by molar-refractivity contribution is 7.47. The second-order valence-corrected chi connectivity index (χ2v) is 14.0. The standard InChI is InChI=1S/C31H64NO8P/c1-7-9-11-13-14-15-17-21-30(28(3)20-16-12-10-8-2)38-26-29(37-24-19-18-22-31(33)34)27-40-41(35,36)39-25-23-32(4,5)6/h28-30H,7-27H2,1-6H3,(H-,33,34,35,36)/p+1/t28?,29-,30?/m1/s1. The minimum Gasteiger partial charge on any atom is -0.481 e. The molecule has 0 aromatic heterocycles. The smallest absolute Gasteiger partial charge is 0.472 e. The Kier molecular flexibility index (Phi) is 24.5. The minimum absolute atomic E-state index is 0.0864. The van der Waals surface area contributed by atoms with E-state index in [0.717, 1.165) is 19.3 Å². The first-order chi connectivity index (χ1) is 19.4. The van der Waals surface area contributed by atoms with Crippen molar-refractivity contribution in [3.8, 4) is 0 Å². The van der Waals surface area contributed by atoms with Crippen LogP contribution in [0.5, 0.6) is 0 Å². The van der Waals surface area contributed by atoms with Gasteiger partial charge in [-0.2, -0.15) is 0 Å². The molecule has 0 saturated heterocycles. The number of phosphoric acid groups is 1. The van der Waals surface area contributed by atoms with Crippen molar-refractivity contribution in [2.45, 2.75) is 136 Å². The number of aliphatic carboxylic acids is 1. The number of rotatable bonds is 30. The lowest BCUT2D eigenvalue weighted by atomic mass is 9.93. The molecule has 0 fully saturated rings. The van der Waals surface area contributed by atoms with Crippen molar-refractivity contribution in [1.29, 1.82) is 0 Å². The number of unbranched alkanes of at least 4 members (excludes halogenated alkanes) is 10. The van der Waals surface area contributed by atoms with E-state index in [0.29, 0.717) is 36.4 Å². The first-order valence-corrected chi connectivity index (χ1v) is 17.8. The molecule has 246 valence electrons. The summed E-state index contributed by atoms with van der Waals surface area (Å²) in [5, 5.41) is 8.89. The summed E-state index contributed by atoms with van der Waals surface area (Å²) < 4.78 is 36.0. The third-order valence-electron chi connectivity index (χ3n) is 7.31. The van der Waals surface area contributed by atoms with Crippen LogP contribution in [0.4, 0.5) is 0 Å². The second kappa shape index (κ2) is 24.9. The van der Waals surface area contributed by atoms with Gasteiger partial charge < -0.3 is 24.0 Å². The first kappa shape index (κ1) is 40.5. The van der Waals surface area contributed by atoms with E-state index in [1.54, 1.807) is 0 Å². The average Bonchev–Trinajstić information content (AvgIpc) is 2.88. The van der Waals surface area contributed by atoms with E-state index in [1.165, 1.54) is 64.2 Å². The maximum Gasteiger partial charge on any atom is 0.472 e. The molecule has 0 saturated carbocycles. The van der Waals surface area contributed by atoms with Crippen molar-refractivity contribution >= 4 is 13.8 Å². The predicted molar refractivity (Wildman–Crippen MR) is 166 cm³/mol. The maximum absolute atomic E-state index is 12.5. The van der Waals surface area contributed by atoms with Crippen molar-refractivity contribution in [3.05, 3.63) is 0 Å². The van der Waals surface area contributed by atoms with Crippen LogP contribution in [0, 0.1) is 5.92 Å². The van der Waals surface area contributed by atoms with Gasteiger partial charge in [-0.15, -0.1) is 0 Å². The molecule has 0 aromatic rings. The fraction of sp³-hybridized carbons (Fsp3) is 0.968. The van der Waals surface area contributed by atoms with Gasteiger partial charge in [0.1, 0.15) is 19.3 Å². The van der Waals surface area contributed by atoms with Crippen LogP contribution in [-0.2, 0) is 27.9 Å². The predicted octanol–water partition coefficient (Wildman–Crippen LogP) is 7.60. The summed E-state index contributed by atoms with van der Waals surface area (Å²) in [6.45, 7) is 7.84. The van der Waals surface area contributed by atoms with E-state index in [2.05, 4.69) is 20.8 Å². The SMILES string of the molecule is CCCCCCCCCC(OC[C@H](COP(=O)(O)OCC[N+](C)(C)C)OCCCCC(=O)O)C(C)CCCCCC. The number of carboxylic acid groups (broad SMARTS) is 1. The number of phosphoric ester groups is 1. The second-order valence-electron chi connectivity index (χ2n) is 12.6. The third kappa shape index (κ3) is 26.8. The van der Waals surface area contributed by atoms with E-state index in [9.17, 15) is 14.3 Å². The Labute approximate surface area is 251 Å². The molecule has 41 heavy (non-hydrogen) atoms. The zero-order valence-corrected chi connectivity index (χ0v) is 28.2. The molecular weight excluding hydrogens is 545 g/mol. The van der Waals surface area contributed by atoms with Crippen LogP contribution in [-0.4, -0.2) is 86.8 Å². The van der Waals surface area contributed by atoms with Crippen molar-refractivity contribution in [1.82, 2.24) is 0 Å². The van der Waals surface area contributed by atoms with Crippen LogP contribution in [0.3, 0.4) is 0 Å². The number of likely N-dealkylation sites (N-methyl/N-ethyl adjacent to an activating group) is 1. The number of nitrogens with zero attached hydrogens (tertiary/aromatic N) is 1. The molecule has 0 heterocycles. The van der Waals surface area contributed by atoms with Crippen LogP contribution < -0.4 is 0 Å². The zero-order chi connectivity index (χ0) is 31.0. The molecule has 9 nitrogen and oxygen atoms in total. The molecule has 0 radical (unpaired) electrons. The normalized spacial score (nSPS) is 15.9. The molecule has 0 aliphatic rings. The highest BCUT2D eigenvalue weighted by Crippen LogP contribution is 2.43. The van der Waals surface area contributed by atoms with Crippen LogP contribution in [0.25, 0.3) is 0 Å². The third-order valence-corrected chi connectivity index (χ3v) is 8.30. The number of hydrogen-bond acceptors (Lipinski definition) is 6. The lowest BCUT2D eigenvalue weighted by Crippen LogP contribution is -2.37. The van der Waals surface area contributed by atoms with Gasteiger partial charge in [0.15, 0.2) is 0 Å². The number of ether oxygens (including phenoxy) is 2. The molecule has 0 spiro atoms. The summed E-state index contributed by atoms with van der Waals surface area (Å²) in [5.41, 5.74) is 0. The molecule has 4 atom stereocenters. The molecule has 0 bridgehead atoms. The van der Waals surface area contributed by atoms with E-state index < -0.39 is 19.9 Å². The summed E-state index contributed by atoms with van der Waals surface area (Å²) in [7, 11) is 1.70. The highest BCUT2D eigenvalue weighted by atomic mass is 31.2. The fourth-order valence-corrected chi connectivity index (χ4v) is 5.30. The van der Waals surface area contributed by atoms with E-state index in [1.807, 2.05) is 21.1 Å². The fourth-order valence-electron chi connectivity index (χ4n) is 4.56. The Bertz CT molecular complexity index is 673. The number of quaternary nitrogens is 1. The quantitative estimate of drug-likeness (QED) is 0.0486. The minimum atomic E-state index is -4.24. The van der Waals surface area contributed by atoms with Gasteiger partial charge in [0, 0.05) is 13.0 Å². The average molecular weight is 611 g/mol. The number of carboxylic acids is 1. The van der Waals surface area contributed by atoms with Gasteiger partial charge in [-0.25, -0.2) is 4.57 Å². The van der Waals surface area contributed by atoms with Crippen molar-refractivity contribution in [2.24, 2.45) is 5.92 Å². The molecule has 0 amide bonds. The van der Waals surface area contributed by atoms with Gasteiger partial charge in [-0.05, 0) is 31.6 Å². The van der Waals surface area contributed by atoms with E-state index in [-0.39, 0.29) is 32.3 Å². The van der Waals surface area contributed by atoms with Crippen molar-refractivity contribution < 1.29 is 42.4 Å². The molecule has 0 aromatic carbocycles. The zero-order valence-electron chi connectivity index (χ0n) is 27.3. The van der Waals surface area contributed by atoms with E-state index in [4.69, 9.17) is 23.6 Å². The highest BCUT2D eigenvalue weighted by Gasteiger charge is 2.26. The van der Waals surface area contributed by atoms with Crippen LogP contribution in [0.1, 0.15) is 124 Å². The Hall–Kier alpha value is -0.540. The molecule has 0 rings (SSSR count). The molecule has 3 unspecified atom stereocenters. The molecular formula is C31H65NO8P+. The van der Waals surface area contributed by atoms with Crippen LogP contribution in [0.15, 0.2) is 0 Å². The lowest BCUT2D eigenvalue weighted by Gasteiger charge is -2.28. The summed E-state index contributed by atoms with van der Waals surface area (Å²) in [5.74, 6) is -0.423. The van der Waals surface area contributed by atoms with Gasteiger partial charge in [-0.1, -0.05) is 91.4 Å². The number of hydrogen-bond donors (Lipinski definition) is 2. The van der Waals surface area contributed by atoms with Crippen molar-refractivity contribution in [2.75, 3.05) is 54.1 Å². The molecule has 10 heteroatoms. The summed E-state index contributed by atoms with van der Waals surface area (Å²) in [4.78, 5) is 21.0. The Morgan fingerprint density at radius 3 is 1.95 bits per heavy atom. The van der Waals surface area contributed by atoms with Gasteiger partial charge >= 0.3 is 13.8 Å². The lowest BCUT2D eigenvalue weighted by molar-refractivity contribution is -0.870. The Morgan fingerprint density at radius 2 is 1.34 bits per heavy atom. The molecule has 2 N–H and O–H groups in total. The monoisotopic (exact) mass is 610 g/mol. The Morgan fingerprint density at radius 1 is 0.756 bits per heavy atom. The van der Waals surface area contributed by atoms with Crippen molar-refractivity contribution in [3.63, 3.8) is 0 Å². The van der Waals surface area contributed by atoms with Crippen LogP contribution in [0.2, 0.25) is 0 Å². The Balaban J connectivity index is 5.06. The topological polar surface area (TPSA) is 112 Å². The van der Waals surface area contributed by atoms with Gasteiger partial charge in [0.25, 0.3) is 0 Å². The molecule has 0 aliphatic heterocycles. The molecule has 0 aliphatic carbocycles.